The molecule has 2 atom stereocenters. The van der Waals surface area contributed by atoms with Gasteiger partial charge in [0.15, 0.2) is 0 Å². The van der Waals surface area contributed by atoms with Crippen LogP contribution in [-0.4, -0.2) is 56.4 Å². The van der Waals surface area contributed by atoms with Gasteiger partial charge < -0.3 is 25.3 Å². The second kappa shape index (κ2) is 7.47. The highest BCUT2D eigenvalue weighted by Gasteiger charge is 2.50. The van der Waals surface area contributed by atoms with E-state index in [4.69, 9.17) is 0 Å². The van der Waals surface area contributed by atoms with Crippen molar-refractivity contribution in [2.24, 2.45) is 5.41 Å². The van der Waals surface area contributed by atoms with Crippen LogP contribution >= 0.6 is 0 Å². The molecule has 8 heteroatoms. The van der Waals surface area contributed by atoms with Gasteiger partial charge >= 0.3 is 5.97 Å². The predicted molar refractivity (Wildman–Crippen MR) is 96.5 cm³/mol. The molecule has 1 aliphatic rings. The summed E-state index contributed by atoms with van der Waals surface area (Å²) in [4.78, 5) is 26.1. The number of rotatable bonds is 4. The zero-order valence-electron chi connectivity index (χ0n) is 14.9. The fourth-order valence-electron chi connectivity index (χ4n) is 3.63. The van der Waals surface area contributed by atoms with Crippen LogP contribution < -0.4 is 0 Å². The van der Waals surface area contributed by atoms with E-state index < -0.39 is 40.7 Å². The number of piperidine rings is 1. The lowest BCUT2D eigenvalue weighted by atomic mass is 9.72. The molecule has 3 rings (SSSR count). The summed E-state index contributed by atoms with van der Waals surface area (Å²) in [6.07, 6.45) is -1.45. The number of amides is 1. The number of halogens is 1. The molecule has 0 aromatic heterocycles. The first kappa shape index (κ1) is 19.6. The molecule has 0 radical (unpaired) electrons. The number of aliphatic carboxylic acids is 1. The monoisotopic (exact) mass is 389 g/mol. The van der Waals surface area contributed by atoms with Crippen LogP contribution in [0.4, 0.5) is 4.39 Å². The Morgan fingerprint density at radius 2 is 1.79 bits per heavy atom. The number of carbonyl (C=O) groups excluding carboxylic acids is 1. The Bertz CT molecular complexity index is 897. The van der Waals surface area contributed by atoms with E-state index in [-0.39, 0.29) is 31.5 Å². The van der Waals surface area contributed by atoms with E-state index in [0.29, 0.717) is 5.56 Å². The van der Waals surface area contributed by atoms with Crippen LogP contribution in [0.3, 0.4) is 0 Å². The van der Waals surface area contributed by atoms with Crippen molar-refractivity contribution in [2.75, 3.05) is 13.1 Å². The molecule has 7 nitrogen and oxygen atoms in total. The van der Waals surface area contributed by atoms with Crippen molar-refractivity contribution >= 4 is 11.9 Å². The number of benzene rings is 2. The maximum Gasteiger partial charge on any atom is 0.314 e. The van der Waals surface area contributed by atoms with E-state index in [1.165, 1.54) is 41.3 Å². The predicted octanol–water partition coefficient (Wildman–Crippen LogP) is 1.76. The number of hydrogen-bond donors (Lipinski definition) is 4. The Morgan fingerprint density at radius 1 is 1.14 bits per heavy atom. The van der Waals surface area contributed by atoms with E-state index in [0.717, 1.165) is 0 Å². The van der Waals surface area contributed by atoms with Crippen LogP contribution in [-0.2, 0) is 11.2 Å². The Kier molecular flexibility index (Phi) is 5.24. The van der Waals surface area contributed by atoms with Gasteiger partial charge in [-0.1, -0.05) is 18.2 Å². The summed E-state index contributed by atoms with van der Waals surface area (Å²) >= 11 is 0. The van der Waals surface area contributed by atoms with Crippen molar-refractivity contribution in [3.63, 3.8) is 0 Å². The van der Waals surface area contributed by atoms with Crippen molar-refractivity contribution in [3.8, 4) is 11.5 Å². The first-order chi connectivity index (χ1) is 13.2. The third kappa shape index (κ3) is 3.50. The number of hydrogen-bond acceptors (Lipinski definition) is 5. The first-order valence-electron chi connectivity index (χ1n) is 8.71. The highest BCUT2D eigenvalue weighted by atomic mass is 19.1. The molecule has 148 valence electrons. The number of aliphatic hydroxyl groups is 1. The van der Waals surface area contributed by atoms with E-state index in [2.05, 4.69) is 0 Å². The zero-order valence-corrected chi connectivity index (χ0v) is 14.9. The number of likely N-dealkylation sites (tertiary alicyclic amines) is 1. The fraction of sp³-hybridized carbons (Fsp3) is 0.300. The number of aromatic hydroxyl groups is 2. The topological polar surface area (TPSA) is 118 Å². The minimum Gasteiger partial charge on any atom is -0.507 e. The second-order valence-corrected chi connectivity index (χ2v) is 6.97. The lowest BCUT2D eigenvalue weighted by molar-refractivity contribution is -0.161. The standard InChI is InChI=1S/C20H20FNO6/c21-13-4-1-3-12(9-13)10-20(19(27)28)11-22(8-7-16(20)25)18(26)17-14(23)5-2-6-15(17)24/h1-6,9,16,23-25H,7-8,10-11H2,(H,27,28)/t16-,20+/m0/s1. The number of nitrogens with zero attached hydrogens (tertiary/aromatic N) is 1. The summed E-state index contributed by atoms with van der Waals surface area (Å²) in [5.41, 5.74) is -1.70. The molecule has 2 aromatic rings. The number of carboxylic acid groups (broad SMARTS) is 1. The minimum absolute atomic E-state index is 0.0122. The number of phenolic OH excluding ortho intramolecular Hbond substituents is 2. The van der Waals surface area contributed by atoms with Gasteiger partial charge in [-0.2, -0.15) is 0 Å². The molecule has 4 N–H and O–H groups in total. The van der Waals surface area contributed by atoms with Crippen molar-refractivity contribution < 1.29 is 34.4 Å². The van der Waals surface area contributed by atoms with Crippen molar-refractivity contribution in [2.45, 2.75) is 18.9 Å². The lowest BCUT2D eigenvalue weighted by Gasteiger charge is -2.43. The number of carbonyl (C=O) groups is 2. The third-order valence-corrected chi connectivity index (χ3v) is 5.14. The van der Waals surface area contributed by atoms with Crippen LogP contribution in [0.2, 0.25) is 0 Å². The SMILES string of the molecule is O=C(c1c(O)cccc1O)N1CC[C@H](O)[C@](Cc2cccc(F)c2)(C(=O)O)C1. The van der Waals surface area contributed by atoms with E-state index in [1.807, 2.05) is 0 Å². The summed E-state index contributed by atoms with van der Waals surface area (Å²) in [6.45, 7) is -0.307. The Labute approximate surface area is 160 Å². The van der Waals surface area contributed by atoms with Gasteiger partial charge in [0.1, 0.15) is 28.3 Å². The Balaban J connectivity index is 1.95. The third-order valence-electron chi connectivity index (χ3n) is 5.14. The molecule has 28 heavy (non-hydrogen) atoms. The van der Waals surface area contributed by atoms with Gasteiger partial charge in [0.2, 0.25) is 0 Å². The molecular weight excluding hydrogens is 369 g/mol. The molecule has 0 saturated carbocycles. The van der Waals surface area contributed by atoms with Gasteiger partial charge in [0.25, 0.3) is 5.91 Å². The van der Waals surface area contributed by atoms with E-state index in [9.17, 15) is 34.4 Å². The summed E-state index contributed by atoms with van der Waals surface area (Å²) < 4.78 is 13.5. The fourth-order valence-corrected chi connectivity index (χ4v) is 3.63. The molecule has 2 aromatic carbocycles. The summed E-state index contributed by atoms with van der Waals surface area (Å²) in [5, 5.41) is 40.2. The highest BCUT2D eigenvalue weighted by molar-refractivity contribution is 5.99. The molecule has 1 amide bonds. The quantitative estimate of drug-likeness (QED) is 0.633. The van der Waals surface area contributed by atoms with Gasteiger partial charge in [-0.05, 0) is 42.7 Å². The molecular formula is C20H20FNO6. The molecule has 0 bridgehead atoms. The van der Waals surface area contributed by atoms with Crippen LogP contribution in [0.25, 0.3) is 0 Å². The van der Waals surface area contributed by atoms with Crippen molar-refractivity contribution in [3.05, 3.63) is 59.4 Å². The number of phenols is 2. The van der Waals surface area contributed by atoms with Crippen LogP contribution in [0.5, 0.6) is 11.5 Å². The molecule has 0 spiro atoms. The summed E-state index contributed by atoms with van der Waals surface area (Å²) in [6, 6.07) is 9.26. The van der Waals surface area contributed by atoms with E-state index in [1.54, 1.807) is 6.07 Å². The van der Waals surface area contributed by atoms with Gasteiger partial charge in [0, 0.05) is 13.1 Å². The zero-order chi connectivity index (χ0) is 20.5. The normalized spacial score (nSPS) is 22.1. The second-order valence-electron chi connectivity index (χ2n) is 6.97. The number of carboxylic acids is 1. The largest absolute Gasteiger partial charge is 0.507 e. The van der Waals surface area contributed by atoms with Crippen molar-refractivity contribution in [1.29, 1.82) is 0 Å². The minimum atomic E-state index is -1.75. The Hall–Kier alpha value is -3.13. The maximum absolute atomic E-state index is 13.5. The van der Waals surface area contributed by atoms with Crippen LogP contribution in [0, 0.1) is 11.2 Å². The van der Waals surface area contributed by atoms with E-state index >= 15 is 0 Å². The molecule has 1 aliphatic heterocycles. The van der Waals surface area contributed by atoms with Crippen LogP contribution in [0.1, 0.15) is 22.3 Å². The average molecular weight is 389 g/mol. The lowest BCUT2D eigenvalue weighted by Crippen LogP contribution is -2.58. The van der Waals surface area contributed by atoms with Gasteiger partial charge in [-0.15, -0.1) is 0 Å². The van der Waals surface area contributed by atoms with Crippen LogP contribution in [0.15, 0.2) is 42.5 Å². The summed E-state index contributed by atoms with van der Waals surface area (Å²) in [7, 11) is 0. The molecule has 1 heterocycles. The first-order valence-corrected chi connectivity index (χ1v) is 8.71. The molecule has 0 unspecified atom stereocenters. The molecule has 1 fully saturated rings. The molecule has 0 aliphatic carbocycles. The van der Waals surface area contributed by atoms with Gasteiger partial charge in [-0.25, -0.2) is 4.39 Å². The summed E-state index contributed by atoms with van der Waals surface area (Å²) in [5.74, 6) is -3.45. The maximum atomic E-state index is 13.5. The Morgan fingerprint density at radius 3 is 2.39 bits per heavy atom. The number of aliphatic hydroxyl groups excluding tert-OH is 1. The highest BCUT2D eigenvalue weighted by Crippen LogP contribution is 2.37. The average Bonchev–Trinajstić information content (AvgIpc) is 2.63. The van der Waals surface area contributed by atoms with Gasteiger partial charge in [0.05, 0.1) is 6.10 Å². The molecule has 1 saturated heterocycles. The van der Waals surface area contributed by atoms with Crippen molar-refractivity contribution in [1.82, 2.24) is 4.90 Å². The van der Waals surface area contributed by atoms with Gasteiger partial charge in [-0.3, -0.25) is 9.59 Å². The smallest absolute Gasteiger partial charge is 0.314 e.